The van der Waals surface area contributed by atoms with Gasteiger partial charge in [0.1, 0.15) is 12.4 Å². The highest BCUT2D eigenvalue weighted by Gasteiger charge is 2.09. The second-order valence-corrected chi connectivity index (χ2v) is 7.83. The molecule has 4 heteroatoms. The van der Waals surface area contributed by atoms with Crippen LogP contribution >= 0.6 is 0 Å². The van der Waals surface area contributed by atoms with Gasteiger partial charge in [-0.05, 0) is 81.3 Å². The monoisotopic (exact) mass is 396 g/mol. The van der Waals surface area contributed by atoms with E-state index in [1.807, 2.05) is 6.07 Å². The minimum Gasteiger partial charge on any atom is -0.396 e. The summed E-state index contributed by atoms with van der Waals surface area (Å²) < 4.78 is 13.3. The minimum atomic E-state index is -0.223. The van der Waals surface area contributed by atoms with Crippen molar-refractivity contribution < 1.29 is 9.23 Å². The Morgan fingerprint density at radius 2 is 1.66 bits per heavy atom. The summed E-state index contributed by atoms with van der Waals surface area (Å²) in [6.07, 6.45) is 9.02. The van der Waals surface area contributed by atoms with Gasteiger partial charge in [-0.3, -0.25) is 0 Å². The van der Waals surface area contributed by atoms with Gasteiger partial charge >= 0.3 is 0 Å². The summed E-state index contributed by atoms with van der Waals surface area (Å²) in [4.78, 5) is 8.17. The molecule has 0 radical (unpaired) electrons. The molecule has 1 fully saturated rings. The van der Waals surface area contributed by atoms with Gasteiger partial charge in [-0.25, -0.2) is 4.39 Å². The number of benzene rings is 2. The third-order valence-corrected chi connectivity index (χ3v) is 5.48. The average Bonchev–Trinajstić information content (AvgIpc) is 2.77. The first kappa shape index (κ1) is 21.5. The molecule has 1 heterocycles. The maximum Gasteiger partial charge on any atom is 0.123 e. The second kappa shape index (κ2) is 12.4. The molecule has 0 N–H and O–H groups in total. The molecule has 0 spiro atoms. The Labute approximate surface area is 174 Å². The molecule has 2 aromatic carbocycles. The maximum atomic E-state index is 13.3. The summed E-state index contributed by atoms with van der Waals surface area (Å²) in [5, 5.41) is 4.43. The standard InChI is InChI=1S/C25H33FN2O/c26-24-16-14-23(15-17-24)25(13-6-5-12-22-10-3-1-4-11-22)27-29-21-9-20-28-18-7-2-8-19-28/h1,3-4,10-11,14-17H,2,5-9,12-13,18-21H2/b27-25+. The van der Waals surface area contributed by atoms with Crippen LogP contribution in [0.2, 0.25) is 0 Å². The van der Waals surface area contributed by atoms with E-state index >= 15 is 0 Å². The van der Waals surface area contributed by atoms with Crippen molar-refractivity contribution in [1.82, 2.24) is 4.90 Å². The Hall–Kier alpha value is -2.20. The van der Waals surface area contributed by atoms with Crippen molar-refractivity contribution in [1.29, 1.82) is 0 Å². The molecule has 1 saturated heterocycles. The van der Waals surface area contributed by atoms with E-state index in [9.17, 15) is 4.39 Å². The van der Waals surface area contributed by atoms with Crippen LogP contribution in [0.25, 0.3) is 0 Å². The van der Waals surface area contributed by atoms with Gasteiger partial charge in [0.15, 0.2) is 0 Å². The Balaban J connectivity index is 1.46. The molecular formula is C25H33FN2O. The van der Waals surface area contributed by atoms with Crippen molar-refractivity contribution in [3.8, 4) is 0 Å². The van der Waals surface area contributed by atoms with E-state index in [1.54, 1.807) is 12.1 Å². The minimum absolute atomic E-state index is 0.223. The zero-order valence-corrected chi connectivity index (χ0v) is 17.4. The quantitative estimate of drug-likeness (QED) is 0.271. The summed E-state index contributed by atoms with van der Waals surface area (Å²) in [6.45, 7) is 4.14. The number of rotatable bonds is 11. The molecule has 0 aromatic heterocycles. The highest BCUT2D eigenvalue weighted by Crippen LogP contribution is 2.13. The predicted octanol–water partition coefficient (Wildman–Crippen LogP) is 5.84. The smallest absolute Gasteiger partial charge is 0.123 e. The van der Waals surface area contributed by atoms with Gasteiger partial charge < -0.3 is 9.74 Å². The Bertz CT molecular complexity index is 724. The highest BCUT2D eigenvalue weighted by molar-refractivity contribution is 6.00. The lowest BCUT2D eigenvalue weighted by Gasteiger charge is -2.25. The van der Waals surface area contributed by atoms with Crippen LogP contribution < -0.4 is 0 Å². The lowest BCUT2D eigenvalue weighted by Crippen LogP contribution is -2.31. The SMILES string of the molecule is Fc1ccc(/C(CCCCc2ccccc2)=N/OCCCN2CCCCC2)cc1. The summed E-state index contributed by atoms with van der Waals surface area (Å²) in [5.74, 6) is -0.223. The summed E-state index contributed by atoms with van der Waals surface area (Å²) >= 11 is 0. The molecule has 0 amide bonds. The molecule has 0 unspecified atom stereocenters. The van der Waals surface area contributed by atoms with Gasteiger partial charge in [-0.15, -0.1) is 0 Å². The molecule has 0 aliphatic carbocycles. The number of hydrogen-bond acceptors (Lipinski definition) is 3. The molecule has 0 atom stereocenters. The Morgan fingerprint density at radius 1 is 0.897 bits per heavy atom. The van der Waals surface area contributed by atoms with Crippen molar-refractivity contribution in [3.05, 3.63) is 71.5 Å². The molecular weight excluding hydrogens is 363 g/mol. The van der Waals surface area contributed by atoms with Gasteiger partial charge in [0, 0.05) is 6.54 Å². The number of unbranched alkanes of at least 4 members (excludes halogenated alkanes) is 1. The van der Waals surface area contributed by atoms with Crippen LogP contribution in [0.4, 0.5) is 4.39 Å². The molecule has 1 aliphatic heterocycles. The van der Waals surface area contributed by atoms with Crippen molar-refractivity contribution in [3.63, 3.8) is 0 Å². The van der Waals surface area contributed by atoms with Crippen LogP contribution in [0, 0.1) is 5.82 Å². The first-order valence-electron chi connectivity index (χ1n) is 11.0. The highest BCUT2D eigenvalue weighted by atomic mass is 19.1. The predicted molar refractivity (Wildman–Crippen MR) is 118 cm³/mol. The third kappa shape index (κ3) is 7.98. The molecule has 1 aliphatic rings. The molecule has 0 saturated carbocycles. The first-order valence-corrected chi connectivity index (χ1v) is 11.0. The van der Waals surface area contributed by atoms with E-state index in [0.29, 0.717) is 6.61 Å². The van der Waals surface area contributed by atoms with E-state index in [0.717, 1.165) is 49.9 Å². The summed E-state index contributed by atoms with van der Waals surface area (Å²) in [6, 6.07) is 17.1. The lowest BCUT2D eigenvalue weighted by atomic mass is 10.0. The molecule has 29 heavy (non-hydrogen) atoms. The Morgan fingerprint density at radius 3 is 2.41 bits per heavy atom. The van der Waals surface area contributed by atoms with Crippen LogP contribution in [-0.2, 0) is 11.3 Å². The zero-order chi connectivity index (χ0) is 20.2. The molecule has 3 nitrogen and oxygen atoms in total. The van der Waals surface area contributed by atoms with Crippen LogP contribution in [0.15, 0.2) is 59.8 Å². The zero-order valence-electron chi connectivity index (χ0n) is 17.4. The van der Waals surface area contributed by atoms with Crippen molar-refractivity contribution >= 4 is 5.71 Å². The molecule has 156 valence electrons. The van der Waals surface area contributed by atoms with Crippen molar-refractivity contribution in [2.24, 2.45) is 5.16 Å². The fourth-order valence-corrected chi connectivity index (χ4v) is 3.81. The van der Waals surface area contributed by atoms with Gasteiger partial charge in [-0.1, -0.05) is 54.0 Å². The summed E-state index contributed by atoms with van der Waals surface area (Å²) in [7, 11) is 0. The van der Waals surface area contributed by atoms with Crippen LogP contribution in [0.3, 0.4) is 0 Å². The van der Waals surface area contributed by atoms with Gasteiger partial charge in [-0.2, -0.15) is 0 Å². The molecule has 3 rings (SSSR count). The van der Waals surface area contributed by atoms with E-state index in [1.165, 1.54) is 50.0 Å². The maximum absolute atomic E-state index is 13.3. The van der Waals surface area contributed by atoms with Crippen LogP contribution in [0.5, 0.6) is 0 Å². The molecule has 0 bridgehead atoms. The van der Waals surface area contributed by atoms with Crippen LogP contribution in [0.1, 0.15) is 56.1 Å². The largest absolute Gasteiger partial charge is 0.396 e. The van der Waals surface area contributed by atoms with Gasteiger partial charge in [0.25, 0.3) is 0 Å². The topological polar surface area (TPSA) is 24.8 Å². The number of hydrogen-bond donors (Lipinski definition) is 0. The number of aryl methyl sites for hydroxylation is 1. The number of piperidine rings is 1. The van der Waals surface area contributed by atoms with E-state index in [2.05, 4.69) is 34.3 Å². The van der Waals surface area contributed by atoms with E-state index in [-0.39, 0.29) is 5.82 Å². The lowest BCUT2D eigenvalue weighted by molar-refractivity contribution is 0.124. The van der Waals surface area contributed by atoms with Crippen molar-refractivity contribution in [2.45, 2.75) is 51.4 Å². The third-order valence-electron chi connectivity index (χ3n) is 5.48. The second-order valence-electron chi connectivity index (χ2n) is 7.83. The number of likely N-dealkylation sites (tertiary alicyclic amines) is 1. The summed E-state index contributed by atoms with van der Waals surface area (Å²) in [5.41, 5.74) is 3.22. The average molecular weight is 397 g/mol. The van der Waals surface area contributed by atoms with Gasteiger partial charge in [0.2, 0.25) is 0 Å². The van der Waals surface area contributed by atoms with E-state index < -0.39 is 0 Å². The van der Waals surface area contributed by atoms with Crippen molar-refractivity contribution in [2.75, 3.05) is 26.2 Å². The van der Waals surface area contributed by atoms with Crippen LogP contribution in [-0.4, -0.2) is 36.9 Å². The van der Waals surface area contributed by atoms with E-state index in [4.69, 9.17) is 4.84 Å². The number of halogens is 1. The van der Waals surface area contributed by atoms with Gasteiger partial charge in [0.05, 0.1) is 5.71 Å². The molecule has 2 aromatic rings. The first-order chi connectivity index (χ1) is 14.3. The number of nitrogens with zero attached hydrogens (tertiary/aromatic N) is 2. The Kier molecular flexibility index (Phi) is 9.18. The normalized spacial score (nSPS) is 15.4. The fourth-order valence-electron chi connectivity index (χ4n) is 3.81. The fraction of sp³-hybridized carbons (Fsp3) is 0.480. The number of oxime groups is 1.